The van der Waals surface area contributed by atoms with Crippen LogP contribution in [0, 0.1) is 0 Å². The van der Waals surface area contributed by atoms with Crippen molar-refractivity contribution in [2.24, 2.45) is 0 Å². The Labute approximate surface area is 424 Å². The van der Waals surface area contributed by atoms with Crippen molar-refractivity contribution < 1.29 is 56.2 Å². The molecular formula is C56H110O12S. The number of aliphatic hydroxyl groups excluding tert-OH is 3. The molecule has 1 saturated heterocycles. The summed E-state index contributed by atoms with van der Waals surface area (Å²) >= 11 is 0. The predicted molar refractivity (Wildman–Crippen MR) is 281 cm³/mol. The van der Waals surface area contributed by atoms with E-state index in [1.54, 1.807) is 0 Å². The predicted octanol–water partition coefficient (Wildman–Crippen LogP) is 14.4. The highest BCUT2D eigenvalue weighted by atomic mass is 32.3. The average Bonchev–Trinajstić information content (AvgIpc) is 3.32. The Kier molecular flexibility index (Phi) is 46.1. The largest absolute Gasteiger partial charge is 0.457 e. The van der Waals surface area contributed by atoms with Gasteiger partial charge in [-0.05, 0) is 12.8 Å². The standard InChI is InChI=1S/C56H110O12S/c1-3-5-7-9-11-13-15-17-19-21-22-23-24-25-26-27-28-30-32-34-36-38-40-42-44-46-64-48-50(49-65-56-54(60)55(68-69(61,62)63)53(59)51(47-57)67-56)66-52(58)45-43-41-39-37-35-33-31-29-20-18-16-14-12-10-8-6-4-2/h50-51,53-57,59-60H,3-49H2,1-2H3,(H,61,62,63). The molecule has 1 aliphatic rings. The van der Waals surface area contributed by atoms with E-state index in [1.807, 2.05) is 0 Å². The third-order valence-electron chi connectivity index (χ3n) is 14.0. The molecule has 1 heterocycles. The Hall–Kier alpha value is -0.900. The maximum atomic E-state index is 12.9. The van der Waals surface area contributed by atoms with E-state index in [-0.39, 0.29) is 25.6 Å². The van der Waals surface area contributed by atoms with Crippen LogP contribution < -0.4 is 0 Å². The van der Waals surface area contributed by atoms with Crippen LogP contribution in [0.1, 0.15) is 290 Å². The highest BCUT2D eigenvalue weighted by molar-refractivity contribution is 7.80. The quantitative estimate of drug-likeness (QED) is 0.0258. The smallest absolute Gasteiger partial charge is 0.397 e. The molecule has 4 N–H and O–H groups in total. The van der Waals surface area contributed by atoms with E-state index >= 15 is 0 Å². The van der Waals surface area contributed by atoms with Crippen LogP contribution in [-0.4, -0.2) is 97.5 Å². The van der Waals surface area contributed by atoms with Crippen LogP contribution in [0.15, 0.2) is 0 Å². The van der Waals surface area contributed by atoms with Crippen LogP contribution >= 0.6 is 0 Å². The molecule has 6 unspecified atom stereocenters. The van der Waals surface area contributed by atoms with Crippen LogP contribution in [0.2, 0.25) is 0 Å². The normalized spacial score (nSPS) is 19.1. The van der Waals surface area contributed by atoms with Crippen LogP contribution in [0.3, 0.4) is 0 Å². The van der Waals surface area contributed by atoms with Crippen molar-refractivity contribution in [2.45, 2.75) is 327 Å². The molecule has 12 nitrogen and oxygen atoms in total. The Balaban J connectivity index is 2.25. The summed E-state index contributed by atoms with van der Waals surface area (Å²) in [4.78, 5) is 12.9. The Morgan fingerprint density at radius 2 is 0.826 bits per heavy atom. The van der Waals surface area contributed by atoms with Crippen LogP contribution in [0.5, 0.6) is 0 Å². The van der Waals surface area contributed by atoms with Gasteiger partial charge >= 0.3 is 16.4 Å². The minimum absolute atomic E-state index is 0.0456. The highest BCUT2D eigenvalue weighted by Gasteiger charge is 2.48. The lowest BCUT2D eigenvalue weighted by Gasteiger charge is -2.41. The number of carbonyl (C=O) groups excluding carboxylic acids is 1. The fourth-order valence-corrected chi connectivity index (χ4v) is 10.1. The van der Waals surface area contributed by atoms with Crippen LogP contribution in [0.25, 0.3) is 0 Å². The minimum Gasteiger partial charge on any atom is -0.457 e. The van der Waals surface area contributed by atoms with Gasteiger partial charge in [0.05, 0.1) is 19.8 Å². The van der Waals surface area contributed by atoms with Gasteiger partial charge in [-0.25, -0.2) is 4.18 Å². The lowest BCUT2D eigenvalue weighted by Crippen LogP contribution is -2.60. The zero-order chi connectivity index (χ0) is 50.3. The van der Waals surface area contributed by atoms with E-state index in [0.717, 1.165) is 38.5 Å². The molecule has 6 atom stereocenters. The van der Waals surface area contributed by atoms with Gasteiger partial charge in [0.1, 0.15) is 30.5 Å². The molecule has 0 bridgehead atoms. The molecular weight excluding hydrogens is 897 g/mol. The van der Waals surface area contributed by atoms with Crippen molar-refractivity contribution in [1.29, 1.82) is 0 Å². The van der Waals surface area contributed by atoms with Gasteiger partial charge in [0, 0.05) is 13.0 Å². The number of aliphatic hydroxyl groups is 3. The zero-order valence-electron chi connectivity index (χ0n) is 44.7. The second-order valence-corrected chi connectivity index (χ2v) is 21.7. The summed E-state index contributed by atoms with van der Waals surface area (Å²) < 4.78 is 59.4. The molecule has 0 aliphatic carbocycles. The third-order valence-corrected chi connectivity index (χ3v) is 14.4. The first-order chi connectivity index (χ1) is 33.6. The summed E-state index contributed by atoms with van der Waals surface area (Å²) in [5, 5.41) is 30.8. The van der Waals surface area contributed by atoms with E-state index in [0.29, 0.717) is 13.0 Å². The SMILES string of the molecule is CCCCCCCCCCCCCCCCCCCCCCCCCCCOCC(COC1OC(CO)C(O)C(OS(=O)(=O)O)C1O)OC(=O)CCCCCCCCCCCCCCCCCCC. The van der Waals surface area contributed by atoms with Crippen molar-refractivity contribution in [3.05, 3.63) is 0 Å². The molecule has 412 valence electrons. The van der Waals surface area contributed by atoms with Crippen molar-refractivity contribution >= 4 is 16.4 Å². The van der Waals surface area contributed by atoms with Gasteiger partial charge in [-0.3, -0.25) is 9.35 Å². The summed E-state index contributed by atoms with van der Waals surface area (Å²) in [5.74, 6) is -0.389. The fraction of sp³-hybridized carbons (Fsp3) is 0.982. The van der Waals surface area contributed by atoms with Gasteiger partial charge in [0.25, 0.3) is 0 Å². The molecule has 1 fully saturated rings. The minimum atomic E-state index is -5.06. The van der Waals surface area contributed by atoms with E-state index in [9.17, 15) is 33.1 Å². The Morgan fingerprint density at radius 1 is 0.493 bits per heavy atom. The number of hydrogen-bond acceptors (Lipinski definition) is 11. The maximum Gasteiger partial charge on any atom is 0.397 e. The summed E-state index contributed by atoms with van der Waals surface area (Å²) in [5.41, 5.74) is 0. The summed E-state index contributed by atoms with van der Waals surface area (Å²) in [7, 11) is -5.06. The number of unbranched alkanes of at least 4 members (excludes halogenated alkanes) is 40. The second kappa shape index (κ2) is 48.1. The molecule has 1 rings (SSSR count). The Morgan fingerprint density at radius 3 is 1.16 bits per heavy atom. The second-order valence-electron chi connectivity index (χ2n) is 20.6. The third kappa shape index (κ3) is 41.2. The summed E-state index contributed by atoms with van der Waals surface area (Å²) in [6.07, 6.45) is 45.8. The van der Waals surface area contributed by atoms with E-state index < -0.39 is 53.8 Å². The van der Waals surface area contributed by atoms with Crippen molar-refractivity contribution in [2.75, 3.05) is 26.4 Å². The molecule has 0 amide bonds. The van der Waals surface area contributed by atoms with Crippen molar-refractivity contribution in [3.8, 4) is 0 Å². The lowest BCUT2D eigenvalue weighted by molar-refractivity contribution is -0.301. The van der Waals surface area contributed by atoms with Gasteiger partial charge in [-0.2, -0.15) is 8.42 Å². The molecule has 0 radical (unpaired) electrons. The first-order valence-corrected chi connectivity index (χ1v) is 30.7. The van der Waals surface area contributed by atoms with Gasteiger partial charge in [0.15, 0.2) is 6.29 Å². The summed E-state index contributed by atoms with van der Waals surface area (Å²) in [6, 6.07) is 0. The highest BCUT2D eigenvalue weighted by Crippen LogP contribution is 2.26. The van der Waals surface area contributed by atoms with Crippen molar-refractivity contribution in [3.63, 3.8) is 0 Å². The summed E-state index contributed by atoms with van der Waals surface area (Å²) in [6.45, 7) is 4.08. The molecule has 13 heteroatoms. The topological polar surface area (TPSA) is 178 Å². The van der Waals surface area contributed by atoms with Crippen LogP contribution in [-0.2, 0) is 38.3 Å². The molecule has 0 aromatic carbocycles. The van der Waals surface area contributed by atoms with Crippen LogP contribution in [0.4, 0.5) is 0 Å². The van der Waals surface area contributed by atoms with E-state index in [1.165, 1.54) is 225 Å². The lowest BCUT2D eigenvalue weighted by atomic mass is 9.99. The van der Waals surface area contributed by atoms with Gasteiger partial charge in [-0.1, -0.05) is 271 Å². The van der Waals surface area contributed by atoms with E-state index in [4.69, 9.17) is 18.9 Å². The number of rotatable bonds is 53. The van der Waals surface area contributed by atoms with Gasteiger partial charge in [0.2, 0.25) is 0 Å². The van der Waals surface area contributed by atoms with Crippen molar-refractivity contribution in [1.82, 2.24) is 0 Å². The molecule has 0 aromatic heterocycles. The molecule has 0 aromatic rings. The molecule has 0 saturated carbocycles. The Bertz CT molecular complexity index is 1210. The zero-order valence-corrected chi connectivity index (χ0v) is 45.5. The number of esters is 1. The molecule has 69 heavy (non-hydrogen) atoms. The number of carbonyl (C=O) groups is 1. The van der Waals surface area contributed by atoms with Gasteiger partial charge in [-0.15, -0.1) is 0 Å². The first kappa shape index (κ1) is 66.1. The average molecular weight is 1010 g/mol. The monoisotopic (exact) mass is 1010 g/mol. The molecule has 0 spiro atoms. The molecule has 1 aliphatic heterocycles. The number of ether oxygens (including phenoxy) is 4. The van der Waals surface area contributed by atoms with E-state index in [2.05, 4.69) is 18.0 Å². The fourth-order valence-electron chi connectivity index (χ4n) is 9.56. The first-order valence-electron chi connectivity index (χ1n) is 29.3. The maximum absolute atomic E-state index is 12.9. The number of hydrogen-bond donors (Lipinski definition) is 4. The van der Waals surface area contributed by atoms with Gasteiger partial charge < -0.3 is 34.3 Å².